The van der Waals surface area contributed by atoms with E-state index in [1.807, 2.05) is 60.7 Å². The SMILES string of the molecule is CCOC(=O)C1=C(C)N=c2s/c(=C\c3ccc(OCc4ccccc4)c(Br)c3)c(=O)n2[C@@H]1c1ccc(OC)c(OC)c1. The van der Waals surface area contributed by atoms with E-state index >= 15 is 0 Å². The zero-order valence-corrected chi connectivity index (χ0v) is 26.0. The summed E-state index contributed by atoms with van der Waals surface area (Å²) in [5, 5.41) is 0. The van der Waals surface area contributed by atoms with E-state index in [1.54, 1.807) is 37.7 Å². The van der Waals surface area contributed by atoms with Crippen LogP contribution in [0.15, 0.2) is 92.3 Å². The fourth-order valence-electron chi connectivity index (χ4n) is 4.74. The highest BCUT2D eigenvalue weighted by Crippen LogP contribution is 2.36. The van der Waals surface area contributed by atoms with E-state index in [-0.39, 0.29) is 12.2 Å². The first-order valence-corrected chi connectivity index (χ1v) is 14.8. The highest BCUT2D eigenvalue weighted by molar-refractivity contribution is 9.10. The number of benzene rings is 3. The second-order valence-electron chi connectivity index (χ2n) is 9.38. The number of ether oxygens (including phenoxy) is 4. The third-order valence-electron chi connectivity index (χ3n) is 6.73. The molecule has 0 saturated heterocycles. The van der Waals surface area contributed by atoms with Crippen molar-refractivity contribution in [1.82, 2.24) is 4.57 Å². The standard InChI is InChI=1S/C32H29BrN2O6S/c1-5-40-31(37)28-19(2)34-32-35(29(28)22-12-14-25(38-3)26(17-22)39-4)30(36)27(42-32)16-21-11-13-24(23(33)15-21)41-18-20-9-7-6-8-10-20/h6-17,29H,5,18H2,1-4H3/b27-16-/t29-/m1/s1. The Kier molecular flexibility index (Phi) is 8.94. The predicted octanol–water partition coefficient (Wildman–Crippen LogP) is 5.16. The van der Waals surface area contributed by atoms with Gasteiger partial charge >= 0.3 is 5.97 Å². The van der Waals surface area contributed by atoms with Gasteiger partial charge in [-0.25, -0.2) is 9.79 Å². The van der Waals surface area contributed by atoms with Gasteiger partial charge in [-0.1, -0.05) is 53.8 Å². The molecule has 3 aromatic carbocycles. The Morgan fingerprint density at radius 3 is 2.45 bits per heavy atom. The fraction of sp³-hybridized carbons (Fsp3) is 0.219. The number of fused-ring (bicyclic) bond motifs is 1. The van der Waals surface area contributed by atoms with Crippen LogP contribution in [0.2, 0.25) is 0 Å². The Labute approximate surface area is 255 Å². The third-order valence-corrected chi connectivity index (χ3v) is 8.33. The van der Waals surface area contributed by atoms with E-state index in [2.05, 4.69) is 20.9 Å². The molecule has 1 aromatic heterocycles. The number of halogens is 1. The minimum atomic E-state index is -0.761. The monoisotopic (exact) mass is 648 g/mol. The molecule has 1 atom stereocenters. The number of allylic oxidation sites excluding steroid dienone is 1. The summed E-state index contributed by atoms with van der Waals surface area (Å²) < 4.78 is 25.1. The molecule has 0 bridgehead atoms. The van der Waals surface area contributed by atoms with E-state index in [4.69, 9.17) is 18.9 Å². The average Bonchev–Trinajstić information content (AvgIpc) is 3.29. The van der Waals surface area contributed by atoms with Crippen LogP contribution >= 0.6 is 27.3 Å². The third kappa shape index (κ3) is 5.91. The van der Waals surface area contributed by atoms with Crippen molar-refractivity contribution in [2.24, 2.45) is 4.99 Å². The summed E-state index contributed by atoms with van der Waals surface area (Å²) in [6.07, 6.45) is 1.81. The van der Waals surface area contributed by atoms with Crippen molar-refractivity contribution in [2.45, 2.75) is 26.5 Å². The molecule has 0 amide bonds. The van der Waals surface area contributed by atoms with Gasteiger partial charge in [0.1, 0.15) is 12.4 Å². The Morgan fingerprint density at radius 2 is 1.76 bits per heavy atom. The average molecular weight is 650 g/mol. The molecule has 0 N–H and O–H groups in total. The molecule has 8 nitrogen and oxygen atoms in total. The Bertz CT molecular complexity index is 1840. The van der Waals surface area contributed by atoms with Crippen molar-refractivity contribution in [3.63, 3.8) is 0 Å². The zero-order chi connectivity index (χ0) is 29.8. The number of methoxy groups -OCH3 is 2. The van der Waals surface area contributed by atoms with Crippen LogP contribution < -0.4 is 29.1 Å². The summed E-state index contributed by atoms with van der Waals surface area (Å²) in [6, 6.07) is 20.2. The minimum absolute atomic E-state index is 0.193. The lowest BCUT2D eigenvalue weighted by atomic mass is 9.95. The number of thiazole rings is 1. The number of hydrogen-bond donors (Lipinski definition) is 0. The van der Waals surface area contributed by atoms with E-state index in [1.165, 1.54) is 18.4 Å². The van der Waals surface area contributed by atoms with Gasteiger partial charge in [0.25, 0.3) is 5.56 Å². The van der Waals surface area contributed by atoms with Gasteiger partial charge in [-0.3, -0.25) is 9.36 Å². The minimum Gasteiger partial charge on any atom is -0.493 e. The molecular formula is C32H29BrN2O6S. The lowest BCUT2D eigenvalue weighted by Gasteiger charge is -2.25. The fourth-order valence-corrected chi connectivity index (χ4v) is 6.30. The van der Waals surface area contributed by atoms with Crippen LogP contribution in [0.1, 0.15) is 36.6 Å². The first-order chi connectivity index (χ1) is 20.3. The van der Waals surface area contributed by atoms with Crippen LogP contribution in [-0.4, -0.2) is 31.4 Å². The molecule has 10 heteroatoms. The number of aromatic nitrogens is 1. The van der Waals surface area contributed by atoms with Crippen molar-refractivity contribution in [2.75, 3.05) is 20.8 Å². The summed E-state index contributed by atoms with van der Waals surface area (Å²) in [5.41, 5.74) is 3.06. The highest BCUT2D eigenvalue weighted by atomic mass is 79.9. The van der Waals surface area contributed by atoms with Crippen LogP contribution in [0.4, 0.5) is 0 Å². The van der Waals surface area contributed by atoms with Gasteiger partial charge in [-0.15, -0.1) is 0 Å². The number of hydrogen-bond acceptors (Lipinski definition) is 8. The van der Waals surface area contributed by atoms with E-state index < -0.39 is 12.0 Å². The molecule has 1 aliphatic rings. The maximum absolute atomic E-state index is 13.9. The van der Waals surface area contributed by atoms with Crippen LogP contribution in [0, 0.1) is 0 Å². The second kappa shape index (κ2) is 12.8. The molecule has 0 unspecified atom stereocenters. The van der Waals surface area contributed by atoms with Crippen LogP contribution in [0.5, 0.6) is 17.2 Å². The number of carbonyl (C=O) groups is 1. The summed E-state index contributed by atoms with van der Waals surface area (Å²) >= 11 is 4.86. The maximum Gasteiger partial charge on any atom is 0.338 e. The lowest BCUT2D eigenvalue weighted by molar-refractivity contribution is -0.139. The maximum atomic E-state index is 13.9. The van der Waals surface area contributed by atoms with Gasteiger partial charge < -0.3 is 18.9 Å². The van der Waals surface area contributed by atoms with Gasteiger partial charge in [-0.05, 0) is 76.8 Å². The van der Waals surface area contributed by atoms with Gasteiger partial charge in [0.2, 0.25) is 0 Å². The molecule has 216 valence electrons. The van der Waals surface area contributed by atoms with E-state index in [0.29, 0.717) is 50.0 Å². The molecule has 5 rings (SSSR count). The number of esters is 1. The van der Waals surface area contributed by atoms with Crippen molar-refractivity contribution < 1.29 is 23.7 Å². The molecule has 2 heterocycles. The van der Waals surface area contributed by atoms with Gasteiger partial charge in [-0.2, -0.15) is 0 Å². The molecule has 42 heavy (non-hydrogen) atoms. The summed E-state index contributed by atoms with van der Waals surface area (Å²) in [6.45, 7) is 4.13. The summed E-state index contributed by atoms with van der Waals surface area (Å²) in [5.74, 6) is 1.19. The van der Waals surface area contributed by atoms with Gasteiger partial charge in [0.05, 0.1) is 47.1 Å². The second-order valence-corrected chi connectivity index (χ2v) is 11.2. The topological polar surface area (TPSA) is 88.4 Å². The molecule has 0 fully saturated rings. The Morgan fingerprint density at radius 1 is 1.02 bits per heavy atom. The van der Waals surface area contributed by atoms with Crippen LogP contribution in [0.3, 0.4) is 0 Å². The predicted molar refractivity (Wildman–Crippen MR) is 165 cm³/mol. The van der Waals surface area contributed by atoms with Gasteiger partial charge in [0.15, 0.2) is 16.3 Å². The first kappa shape index (κ1) is 29.3. The molecule has 0 saturated carbocycles. The molecule has 0 radical (unpaired) electrons. The number of nitrogens with zero attached hydrogens (tertiary/aromatic N) is 2. The van der Waals surface area contributed by atoms with Crippen molar-refractivity contribution in [3.05, 3.63) is 119 Å². The zero-order valence-electron chi connectivity index (χ0n) is 23.5. The Hall–Kier alpha value is -4.15. The number of carbonyl (C=O) groups excluding carboxylic acids is 1. The quantitative estimate of drug-likeness (QED) is 0.233. The van der Waals surface area contributed by atoms with Crippen molar-refractivity contribution in [3.8, 4) is 17.2 Å². The summed E-state index contributed by atoms with van der Waals surface area (Å²) in [7, 11) is 3.09. The lowest BCUT2D eigenvalue weighted by Crippen LogP contribution is -2.39. The van der Waals surface area contributed by atoms with Crippen LogP contribution in [0.25, 0.3) is 6.08 Å². The van der Waals surface area contributed by atoms with Crippen molar-refractivity contribution in [1.29, 1.82) is 0 Å². The number of rotatable bonds is 9. The van der Waals surface area contributed by atoms with Crippen LogP contribution in [-0.2, 0) is 16.1 Å². The molecule has 1 aliphatic heterocycles. The molecular weight excluding hydrogens is 620 g/mol. The molecule has 0 aliphatic carbocycles. The van der Waals surface area contributed by atoms with Gasteiger partial charge in [0, 0.05) is 0 Å². The van der Waals surface area contributed by atoms with E-state index in [0.717, 1.165) is 15.6 Å². The smallest absolute Gasteiger partial charge is 0.338 e. The molecule has 0 spiro atoms. The highest BCUT2D eigenvalue weighted by Gasteiger charge is 2.34. The van der Waals surface area contributed by atoms with Crippen molar-refractivity contribution >= 4 is 39.3 Å². The summed E-state index contributed by atoms with van der Waals surface area (Å²) in [4.78, 5) is 32.2. The van der Waals surface area contributed by atoms with E-state index in [9.17, 15) is 9.59 Å². The first-order valence-electron chi connectivity index (χ1n) is 13.2. The molecule has 4 aromatic rings. The Balaban J connectivity index is 1.56. The normalized spacial score (nSPS) is 14.7. The largest absolute Gasteiger partial charge is 0.493 e.